The number of amides is 2. The topological polar surface area (TPSA) is 90.5 Å². The largest absolute Gasteiger partial charge is 0.516 e. The fraction of sp³-hybridized carbons (Fsp3) is 0.562. The molecule has 1 aliphatic heterocycles. The minimum Gasteiger partial charge on any atom is -0.337 e. The van der Waals surface area contributed by atoms with Gasteiger partial charge in [0.25, 0.3) is 0 Å². The SMILES string of the molecule is C[C@H]1CCCCN1CCNC(=O)Nc1ccc(NS(=O)(=O)C(F)(F)F)cc1. The van der Waals surface area contributed by atoms with Crippen LogP contribution in [0.5, 0.6) is 0 Å². The molecule has 0 unspecified atom stereocenters. The van der Waals surface area contributed by atoms with Gasteiger partial charge in [-0.3, -0.25) is 9.62 Å². The Morgan fingerprint density at radius 2 is 1.81 bits per heavy atom. The summed E-state index contributed by atoms with van der Waals surface area (Å²) >= 11 is 0. The first-order chi connectivity index (χ1) is 12.6. The summed E-state index contributed by atoms with van der Waals surface area (Å²) in [6.45, 7) is 4.39. The highest BCUT2D eigenvalue weighted by Crippen LogP contribution is 2.25. The van der Waals surface area contributed by atoms with E-state index in [1.54, 1.807) is 0 Å². The standard InChI is InChI=1S/C16H23F3N4O3S/c1-12-4-2-3-10-23(12)11-9-20-15(24)21-13-5-7-14(8-6-13)22-27(25,26)16(17,18)19/h5-8,12,22H,2-4,9-11H2,1H3,(H2,20,21,24)/t12-/m0/s1. The molecule has 1 fully saturated rings. The maximum absolute atomic E-state index is 12.3. The van der Waals surface area contributed by atoms with E-state index < -0.39 is 21.6 Å². The number of urea groups is 1. The van der Waals surface area contributed by atoms with Crippen molar-refractivity contribution in [2.75, 3.05) is 29.7 Å². The van der Waals surface area contributed by atoms with Gasteiger partial charge >= 0.3 is 21.6 Å². The number of nitrogens with zero attached hydrogens (tertiary/aromatic N) is 1. The van der Waals surface area contributed by atoms with Crippen LogP contribution in [0, 0.1) is 0 Å². The van der Waals surface area contributed by atoms with Gasteiger partial charge in [0.15, 0.2) is 0 Å². The molecule has 0 saturated carbocycles. The minimum atomic E-state index is -5.47. The molecule has 0 aromatic heterocycles. The maximum atomic E-state index is 12.3. The van der Waals surface area contributed by atoms with Crippen LogP contribution in [0.4, 0.5) is 29.3 Å². The summed E-state index contributed by atoms with van der Waals surface area (Å²) in [4.78, 5) is 14.2. The first-order valence-electron chi connectivity index (χ1n) is 8.56. The van der Waals surface area contributed by atoms with Crippen LogP contribution in [0.3, 0.4) is 0 Å². The van der Waals surface area contributed by atoms with Crippen LogP contribution < -0.4 is 15.4 Å². The average molecular weight is 408 g/mol. The average Bonchev–Trinajstić information content (AvgIpc) is 2.57. The van der Waals surface area contributed by atoms with E-state index in [2.05, 4.69) is 22.5 Å². The molecule has 1 aromatic carbocycles. The highest BCUT2D eigenvalue weighted by Gasteiger charge is 2.46. The lowest BCUT2D eigenvalue weighted by Gasteiger charge is -2.33. The van der Waals surface area contributed by atoms with Crippen LogP contribution in [0.25, 0.3) is 0 Å². The predicted molar refractivity (Wildman–Crippen MR) is 96.9 cm³/mol. The van der Waals surface area contributed by atoms with Crippen molar-refractivity contribution in [2.24, 2.45) is 0 Å². The second-order valence-corrected chi connectivity index (χ2v) is 8.06. The molecular weight excluding hydrogens is 385 g/mol. The number of alkyl halides is 3. The second-order valence-electron chi connectivity index (χ2n) is 6.39. The van der Waals surface area contributed by atoms with Crippen LogP contribution in [0.2, 0.25) is 0 Å². The summed E-state index contributed by atoms with van der Waals surface area (Å²) in [5, 5.41) is 5.26. The number of anilines is 2. The van der Waals surface area contributed by atoms with Crippen LogP contribution >= 0.6 is 0 Å². The Balaban J connectivity index is 1.79. The van der Waals surface area contributed by atoms with E-state index >= 15 is 0 Å². The second kappa shape index (κ2) is 8.79. The fourth-order valence-corrected chi connectivity index (χ4v) is 3.37. The lowest BCUT2D eigenvalue weighted by molar-refractivity contribution is -0.0429. The Kier molecular flexibility index (Phi) is 6.93. The smallest absolute Gasteiger partial charge is 0.337 e. The number of halogens is 3. The Morgan fingerprint density at radius 3 is 2.41 bits per heavy atom. The fourth-order valence-electron chi connectivity index (χ4n) is 2.81. The molecule has 0 spiro atoms. The maximum Gasteiger partial charge on any atom is 0.516 e. The number of piperidine rings is 1. The van der Waals surface area contributed by atoms with E-state index in [1.807, 2.05) is 0 Å². The zero-order chi connectivity index (χ0) is 20.1. The molecular formula is C16H23F3N4O3S. The molecule has 0 radical (unpaired) electrons. The van der Waals surface area contributed by atoms with Crippen molar-refractivity contribution in [2.45, 2.75) is 37.7 Å². The molecule has 7 nitrogen and oxygen atoms in total. The molecule has 1 heterocycles. The van der Waals surface area contributed by atoms with Crippen molar-refractivity contribution < 1.29 is 26.4 Å². The summed E-state index contributed by atoms with van der Waals surface area (Å²) in [5.41, 5.74) is -5.32. The molecule has 0 bridgehead atoms. The zero-order valence-corrected chi connectivity index (χ0v) is 15.7. The number of likely N-dealkylation sites (tertiary alicyclic amines) is 1. The van der Waals surface area contributed by atoms with E-state index in [4.69, 9.17) is 0 Å². The van der Waals surface area contributed by atoms with Gasteiger partial charge in [0.1, 0.15) is 0 Å². The number of nitrogens with one attached hydrogen (secondary N) is 3. The molecule has 152 valence electrons. The molecule has 0 aliphatic carbocycles. The van der Waals surface area contributed by atoms with E-state index in [-0.39, 0.29) is 5.69 Å². The lowest BCUT2D eigenvalue weighted by Crippen LogP contribution is -2.43. The minimum absolute atomic E-state index is 0.252. The van der Waals surface area contributed by atoms with Gasteiger partial charge in [-0.05, 0) is 50.6 Å². The Labute approximate surface area is 156 Å². The highest BCUT2D eigenvalue weighted by molar-refractivity contribution is 7.93. The van der Waals surface area contributed by atoms with Crippen LogP contribution in [-0.4, -0.2) is 50.5 Å². The van der Waals surface area contributed by atoms with Crippen molar-refractivity contribution in [3.05, 3.63) is 24.3 Å². The summed E-state index contributed by atoms with van der Waals surface area (Å²) in [7, 11) is -5.47. The van der Waals surface area contributed by atoms with Crippen molar-refractivity contribution in [3.63, 3.8) is 0 Å². The zero-order valence-electron chi connectivity index (χ0n) is 14.8. The first-order valence-corrected chi connectivity index (χ1v) is 10.0. The third-order valence-electron chi connectivity index (χ3n) is 4.32. The molecule has 3 N–H and O–H groups in total. The van der Waals surface area contributed by atoms with Gasteiger partial charge in [-0.2, -0.15) is 21.6 Å². The predicted octanol–water partition coefficient (Wildman–Crippen LogP) is 2.94. The Hall–Kier alpha value is -2.01. The van der Waals surface area contributed by atoms with E-state index in [0.717, 1.165) is 38.1 Å². The lowest BCUT2D eigenvalue weighted by atomic mass is 10.0. The normalized spacial score (nSPS) is 18.7. The molecule has 2 amide bonds. The summed E-state index contributed by atoms with van der Waals surface area (Å²) in [6, 6.07) is 4.93. The van der Waals surface area contributed by atoms with Gasteiger partial charge in [0, 0.05) is 30.5 Å². The van der Waals surface area contributed by atoms with Gasteiger partial charge in [-0.1, -0.05) is 6.42 Å². The number of sulfonamides is 1. The van der Waals surface area contributed by atoms with Crippen molar-refractivity contribution in [1.29, 1.82) is 0 Å². The molecule has 2 rings (SSSR count). The van der Waals surface area contributed by atoms with Crippen LogP contribution in [0.1, 0.15) is 26.2 Å². The van der Waals surface area contributed by atoms with Gasteiger partial charge in [-0.15, -0.1) is 0 Å². The van der Waals surface area contributed by atoms with Crippen molar-refractivity contribution in [1.82, 2.24) is 10.2 Å². The first kappa shape index (κ1) is 21.3. The monoisotopic (exact) mass is 408 g/mol. The summed E-state index contributed by atoms with van der Waals surface area (Å²) in [6.07, 6.45) is 3.53. The van der Waals surface area contributed by atoms with Gasteiger partial charge in [0.2, 0.25) is 0 Å². The third-order valence-corrected chi connectivity index (χ3v) is 5.44. The molecule has 1 aliphatic rings. The summed E-state index contributed by atoms with van der Waals surface area (Å²) < 4.78 is 60.5. The number of carbonyl (C=O) groups is 1. The molecule has 1 aromatic rings. The highest BCUT2D eigenvalue weighted by atomic mass is 32.2. The number of rotatable bonds is 6. The summed E-state index contributed by atoms with van der Waals surface area (Å²) in [5.74, 6) is 0. The van der Waals surface area contributed by atoms with Gasteiger partial charge in [0.05, 0.1) is 0 Å². The third kappa shape index (κ3) is 6.28. The van der Waals surface area contributed by atoms with Gasteiger partial charge < -0.3 is 10.6 Å². The van der Waals surface area contributed by atoms with Gasteiger partial charge in [-0.25, -0.2) is 4.79 Å². The number of carbonyl (C=O) groups excluding carboxylic acids is 1. The van der Waals surface area contributed by atoms with E-state index in [0.29, 0.717) is 18.3 Å². The van der Waals surface area contributed by atoms with Crippen molar-refractivity contribution in [3.8, 4) is 0 Å². The molecule has 11 heteroatoms. The van der Waals surface area contributed by atoms with Crippen molar-refractivity contribution >= 4 is 27.4 Å². The van der Waals surface area contributed by atoms with E-state index in [9.17, 15) is 26.4 Å². The Bertz CT molecular complexity index is 738. The van der Waals surface area contributed by atoms with Crippen LogP contribution in [-0.2, 0) is 10.0 Å². The molecule has 1 saturated heterocycles. The number of benzene rings is 1. The van der Waals surface area contributed by atoms with E-state index in [1.165, 1.54) is 23.3 Å². The van der Waals surface area contributed by atoms with Crippen LogP contribution in [0.15, 0.2) is 24.3 Å². The molecule has 27 heavy (non-hydrogen) atoms. The number of hydrogen-bond donors (Lipinski definition) is 3. The molecule has 1 atom stereocenters. The number of hydrogen-bond acceptors (Lipinski definition) is 4. The Morgan fingerprint density at radius 1 is 1.19 bits per heavy atom. The quantitative estimate of drug-likeness (QED) is 0.675.